The van der Waals surface area contributed by atoms with Crippen molar-refractivity contribution in [2.24, 2.45) is 0 Å². The Bertz CT molecular complexity index is 361. The molecule has 0 unspecified atom stereocenters. The lowest BCUT2D eigenvalue weighted by molar-refractivity contribution is 0.308. The second-order valence-corrected chi connectivity index (χ2v) is 4.04. The topological polar surface area (TPSA) is 34.1 Å². The average molecular weight is 220 g/mol. The van der Waals surface area contributed by atoms with Gasteiger partial charge in [0.2, 0.25) is 5.88 Å². The summed E-state index contributed by atoms with van der Waals surface area (Å²) in [5.41, 5.74) is 3.31. The summed E-state index contributed by atoms with van der Waals surface area (Å²) in [6.07, 6.45) is 0.872. The van der Waals surface area contributed by atoms with Gasteiger partial charge in [0, 0.05) is 24.7 Å². The van der Waals surface area contributed by atoms with Crippen molar-refractivity contribution in [3.8, 4) is 5.88 Å². The van der Waals surface area contributed by atoms with Gasteiger partial charge in [-0.2, -0.15) is 0 Å². The molecular formula is C13H20N2O. The van der Waals surface area contributed by atoms with Crippen molar-refractivity contribution in [1.82, 2.24) is 10.3 Å². The summed E-state index contributed by atoms with van der Waals surface area (Å²) in [5.74, 6) is 0.700. The summed E-state index contributed by atoms with van der Waals surface area (Å²) in [6, 6.07) is 4.03. The van der Waals surface area contributed by atoms with Gasteiger partial charge in [0.1, 0.15) is 0 Å². The van der Waals surface area contributed by atoms with Gasteiger partial charge in [0.05, 0.1) is 6.61 Å². The van der Waals surface area contributed by atoms with E-state index in [1.165, 1.54) is 5.56 Å². The molecule has 0 saturated heterocycles. The zero-order valence-electron chi connectivity index (χ0n) is 10.3. The van der Waals surface area contributed by atoms with E-state index in [4.69, 9.17) is 4.74 Å². The highest BCUT2D eigenvalue weighted by molar-refractivity contribution is 5.24. The Labute approximate surface area is 97.5 Å². The zero-order valence-corrected chi connectivity index (χ0v) is 10.3. The van der Waals surface area contributed by atoms with Crippen LogP contribution in [0.2, 0.25) is 0 Å². The molecule has 1 N–H and O–H groups in total. The van der Waals surface area contributed by atoms with Gasteiger partial charge in [-0.3, -0.25) is 0 Å². The number of hydrogen-bond donors (Lipinski definition) is 1. The van der Waals surface area contributed by atoms with Crippen molar-refractivity contribution < 1.29 is 4.74 Å². The molecule has 0 fully saturated rings. The normalized spacial score (nSPS) is 10.2. The number of ether oxygens (including phenoxy) is 1. The van der Waals surface area contributed by atoms with Crippen LogP contribution in [0.1, 0.15) is 24.6 Å². The lowest BCUT2D eigenvalue weighted by atomic mass is 10.2. The van der Waals surface area contributed by atoms with Crippen molar-refractivity contribution >= 4 is 0 Å². The van der Waals surface area contributed by atoms with Crippen LogP contribution in [0.3, 0.4) is 0 Å². The number of rotatable bonds is 6. The molecule has 1 heterocycles. The van der Waals surface area contributed by atoms with E-state index in [-0.39, 0.29) is 0 Å². The smallest absolute Gasteiger partial charge is 0.213 e. The summed E-state index contributed by atoms with van der Waals surface area (Å²) in [5, 5.41) is 3.12. The molecule has 0 radical (unpaired) electrons. The summed E-state index contributed by atoms with van der Waals surface area (Å²) >= 11 is 0. The third-order valence-corrected chi connectivity index (χ3v) is 2.15. The Hall–Kier alpha value is -1.35. The first-order chi connectivity index (χ1) is 7.61. The molecule has 0 aliphatic carbocycles. The summed E-state index contributed by atoms with van der Waals surface area (Å²) in [7, 11) is 1.93. The van der Waals surface area contributed by atoms with Crippen LogP contribution < -0.4 is 10.1 Å². The van der Waals surface area contributed by atoms with Gasteiger partial charge in [-0.1, -0.05) is 5.57 Å². The Morgan fingerprint density at radius 2 is 2.25 bits per heavy atom. The summed E-state index contributed by atoms with van der Waals surface area (Å²) < 4.78 is 5.58. The molecule has 0 amide bonds. The van der Waals surface area contributed by atoms with E-state index >= 15 is 0 Å². The molecule has 1 rings (SSSR count). The van der Waals surface area contributed by atoms with Gasteiger partial charge < -0.3 is 10.1 Å². The van der Waals surface area contributed by atoms with Gasteiger partial charge in [-0.25, -0.2) is 4.98 Å². The zero-order chi connectivity index (χ0) is 12.0. The van der Waals surface area contributed by atoms with E-state index < -0.39 is 0 Å². The summed E-state index contributed by atoms with van der Waals surface area (Å²) in [4.78, 5) is 4.33. The maximum Gasteiger partial charge on any atom is 0.213 e. The molecule has 88 valence electrons. The number of aryl methyl sites for hydroxylation is 1. The van der Waals surface area contributed by atoms with Crippen LogP contribution in [0.4, 0.5) is 0 Å². The molecule has 0 saturated carbocycles. The maximum absolute atomic E-state index is 5.58. The second kappa shape index (κ2) is 6.28. The molecule has 3 heteroatoms. The minimum atomic E-state index is 0.644. The van der Waals surface area contributed by atoms with Crippen molar-refractivity contribution in [2.45, 2.75) is 26.8 Å². The molecule has 1 aromatic heterocycles. The second-order valence-electron chi connectivity index (χ2n) is 4.04. The molecule has 0 aromatic carbocycles. The van der Waals surface area contributed by atoms with E-state index in [9.17, 15) is 0 Å². The molecule has 0 bridgehead atoms. The predicted molar refractivity (Wildman–Crippen MR) is 66.7 cm³/mol. The van der Waals surface area contributed by atoms with Gasteiger partial charge in [0.15, 0.2) is 0 Å². The maximum atomic E-state index is 5.58. The predicted octanol–water partition coefficient (Wildman–Crippen LogP) is 2.45. The average Bonchev–Trinajstić information content (AvgIpc) is 2.16. The SMILES string of the molecule is C=C(C)CCOc1cc(CNC)cc(C)n1. The van der Waals surface area contributed by atoms with Crippen LogP contribution >= 0.6 is 0 Å². The minimum Gasteiger partial charge on any atom is -0.477 e. The minimum absolute atomic E-state index is 0.644. The van der Waals surface area contributed by atoms with Gasteiger partial charge in [-0.15, -0.1) is 6.58 Å². The third-order valence-electron chi connectivity index (χ3n) is 2.15. The highest BCUT2D eigenvalue weighted by atomic mass is 16.5. The quantitative estimate of drug-likeness (QED) is 0.748. The molecule has 0 spiro atoms. The van der Waals surface area contributed by atoms with Crippen LogP contribution in [0.5, 0.6) is 5.88 Å². The van der Waals surface area contributed by atoms with Gasteiger partial charge >= 0.3 is 0 Å². The van der Waals surface area contributed by atoms with E-state index in [1.807, 2.05) is 27.0 Å². The van der Waals surface area contributed by atoms with E-state index in [0.717, 1.165) is 24.2 Å². The molecule has 0 aliphatic heterocycles. The lowest BCUT2D eigenvalue weighted by Gasteiger charge is -2.08. The number of aromatic nitrogens is 1. The van der Waals surface area contributed by atoms with Crippen LogP contribution in [0.25, 0.3) is 0 Å². The van der Waals surface area contributed by atoms with Crippen molar-refractivity contribution in [3.63, 3.8) is 0 Å². The van der Waals surface area contributed by atoms with Crippen molar-refractivity contribution in [3.05, 3.63) is 35.5 Å². The Morgan fingerprint density at radius 1 is 1.50 bits per heavy atom. The first-order valence-electron chi connectivity index (χ1n) is 5.51. The Balaban J connectivity index is 2.61. The van der Waals surface area contributed by atoms with E-state index in [0.29, 0.717) is 12.5 Å². The Morgan fingerprint density at radius 3 is 2.88 bits per heavy atom. The fourth-order valence-electron chi connectivity index (χ4n) is 1.42. The first kappa shape index (κ1) is 12.7. The largest absolute Gasteiger partial charge is 0.477 e. The number of nitrogens with one attached hydrogen (secondary N) is 1. The molecule has 1 aromatic rings. The Kier molecular flexibility index (Phi) is 4.99. The molecule has 16 heavy (non-hydrogen) atoms. The first-order valence-corrected chi connectivity index (χ1v) is 5.51. The van der Waals surface area contributed by atoms with Crippen LogP contribution in [-0.4, -0.2) is 18.6 Å². The molecular weight excluding hydrogens is 200 g/mol. The van der Waals surface area contributed by atoms with Crippen LogP contribution in [-0.2, 0) is 6.54 Å². The highest BCUT2D eigenvalue weighted by Crippen LogP contribution is 2.13. The fourth-order valence-corrected chi connectivity index (χ4v) is 1.42. The standard InChI is InChI=1S/C13H20N2O/c1-10(2)5-6-16-13-8-12(9-14-4)7-11(3)15-13/h7-8,14H,1,5-6,9H2,2-4H3. The molecule has 0 atom stereocenters. The van der Waals surface area contributed by atoms with Crippen LogP contribution in [0, 0.1) is 6.92 Å². The third kappa shape index (κ3) is 4.45. The van der Waals surface area contributed by atoms with Gasteiger partial charge in [0.25, 0.3) is 0 Å². The van der Waals surface area contributed by atoms with Crippen LogP contribution in [0.15, 0.2) is 24.3 Å². The number of nitrogens with zero attached hydrogens (tertiary/aromatic N) is 1. The molecule has 3 nitrogen and oxygen atoms in total. The monoisotopic (exact) mass is 220 g/mol. The van der Waals surface area contributed by atoms with E-state index in [2.05, 4.69) is 22.9 Å². The van der Waals surface area contributed by atoms with Crippen molar-refractivity contribution in [1.29, 1.82) is 0 Å². The number of hydrogen-bond acceptors (Lipinski definition) is 3. The number of pyridine rings is 1. The molecule has 0 aliphatic rings. The lowest BCUT2D eigenvalue weighted by Crippen LogP contribution is -2.07. The fraction of sp³-hybridized carbons (Fsp3) is 0.462. The van der Waals surface area contributed by atoms with Crippen molar-refractivity contribution in [2.75, 3.05) is 13.7 Å². The highest BCUT2D eigenvalue weighted by Gasteiger charge is 2.00. The van der Waals surface area contributed by atoms with Gasteiger partial charge in [-0.05, 0) is 32.5 Å². The summed E-state index contributed by atoms with van der Waals surface area (Å²) in [6.45, 7) is 9.29. The van der Waals surface area contributed by atoms with E-state index in [1.54, 1.807) is 0 Å².